The third-order valence-corrected chi connectivity index (χ3v) is 6.01. The first-order valence-electron chi connectivity index (χ1n) is 7.92. The molecule has 0 radical (unpaired) electrons. The minimum absolute atomic E-state index is 0.699. The fourth-order valence-electron chi connectivity index (χ4n) is 2.97. The largest absolute Gasteiger partial charge is 0.309 e. The summed E-state index contributed by atoms with van der Waals surface area (Å²) in [4.78, 5) is 5.43. The lowest BCUT2D eigenvalue weighted by Crippen LogP contribution is -2.42. The molecule has 2 aromatic heterocycles. The molecule has 2 nitrogen and oxygen atoms in total. The number of thiophene rings is 2. The standard InChI is InChI=1S/C17H24N2S2/c1-2-7-19-8-5-15(6-9-19)18-12-16-11-14(13-21-16)17-4-3-10-20-17/h3-4,10-11,13,15,18H,2,5-9,12H2,1H3. The fraction of sp³-hybridized carbons (Fsp3) is 0.529. The molecule has 0 amide bonds. The summed E-state index contributed by atoms with van der Waals surface area (Å²) in [5.74, 6) is 0. The lowest BCUT2D eigenvalue weighted by molar-refractivity contribution is 0.197. The van der Waals surface area contributed by atoms with Gasteiger partial charge in [0.1, 0.15) is 0 Å². The summed E-state index contributed by atoms with van der Waals surface area (Å²) in [7, 11) is 0. The first-order chi connectivity index (χ1) is 10.3. The van der Waals surface area contributed by atoms with Crippen molar-refractivity contribution in [2.24, 2.45) is 0 Å². The molecule has 1 aliphatic rings. The molecule has 0 saturated carbocycles. The van der Waals surface area contributed by atoms with Gasteiger partial charge >= 0.3 is 0 Å². The summed E-state index contributed by atoms with van der Waals surface area (Å²) in [5.41, 5.74) is 1.38. The Balaban J connectivity index is 1.46. The third kappa shape index (κ3) is 4.16. The van der Waals surface area contributed by atoms with Gasteiger partial charge in [0.05, 0.1) is 0 Å². The summed E-state index contributed by atoms with van der Waals surface area (Å²) in [6, 6.07) is 7.37. The fourth-order valence-corrected chi connectivity index (χ4v) is 4.59. The molecule has 2 aromatic rings. The summed E-state index contributed by atoms with van der Waals surface area (Å²) < 4.78 is 0. The van der Waals surface area contributed by atoms with E-state index < -0.39 is 0 Å². The average Bonchev–Trinajstić information content (AvgIpc) is 3.18. The van der Waals surface area contributed by atoms with E-state index in [2.05, 4.69) is 46.1 Å². The van der Waals surface area contributed by atoms with Crippen molar-refractivity contribution >= 4 is 22.7 Å². The van der Waals surface area contributed by atoms with Gasteiger partial charge in [-0.2, -0.15) is 0 Å². The molecule has 0 spiro atoms. The first-order valence-corrected chi connectivity index (χ1v) is 9.68. The maximum absolute atomic E-state index is 3.75. The van der Waals surface area contributed by atoms with Crippen LogP contribution in [0.2, 0.25) is 0 Å². The van der Waals surface area contributed by atoms with Crippen LogP contribution in [0.25, 0.3) is 10.4 Å². The van der Waals surface area contributed by atoms with Crippen LogP contribution in [0.3, 0.4) is 0 Å². The number of hydrogen-bond acceptors (Lipinski definition) is 4. The number of likely N-dealkylation sites (tertiary alicyclic amines) is 1. The van der Waals surface area contributed by atoms with E-state index in [-0.39, 0.29) is 0 Å². The molecule has 1 fully saturated rings. The highest BCUT2D eigenvalue weighted by Gasteiger charge is 2.18. The van der Waals surface area contributed by atoms with Gasteiger partial charge in [-0.1, -0.05) is 13.0 Å². The average molecular weight is 321 g/mol. The molecule has 0 unspecified atom stereocenters. The van der Waals surface area contributed by atoms with E-state index in [0.717, 1.165) is 6.54 Å². The summed E-state index contributed by atoms with van der Waals surface area (Å²) in [6.45, 7) is 7.08. The lowest BCUT2D eigenvalue weighted by atomic mass is 10.0. The van der Waals surface area contributed by atoms with E-state index in [0.29, 0.717) is 6.04 Å². The van der Waals surface area contributed by atoms with Crippen molar-refractivity contribution in [2.75, 3.05) is 19.6 Å². The van der Waals surface area contributed by atoms with E-state index in [9.17, 15) is 0 Å². The summed E-state index contributed by atoms with van der Waals surface area (Å²) in [5, 5.41) is 8.18. The van der Waals surface area contributed by atoms with E-state index in [1.807, 2.05) is 22.7 Å². The number of hydrogen-bond donors (Lipinski definition) is 1. The monoisotopic (exact) mass is 320 g/mol. The Kier molecular flexibility index (Phi) is 5.47. The van der Waals surface area contributed by atoms with Crippen LogP contribution in [0.5, 0.6) is 0 Å². The maximum Gasteiger partial charge on any atom is 0.0351 e. The van der Waals surface area contributed by atoms with E-state index in [1.54, 1.807) is 0 Å². The Labute approximate surface area is 135 Å². The zero-order valence-electron chi connectivity index (χ0n) is 12.7. The van der Waals surface area contributed by atoms with Crippen LogP contribution in [0.1, 0.15) is 31.1 Å². The van der Waals surface area contributed by atoms with Gasteiger partial charge in [0.25, 0.3) is 0 Å². The van der Waals surface area contributed by atoms with Gasteiger partial charge in [0.15, 0.2) is 0 Å². The van der Waals surface area contributed by atoms with Crippen molar-refractivity contribution in [3.05, 3.63) is 33.8 Å². The molecule has 0 bridgehead atoms. The van der Waals surface area contributed by atoms with Crippen molar-refractivity contribution in [1.82, 2.24) is 10.2 Å². The Hall–Kier alpha value is -0.680. The molecule has 0 aromatic carbocycles. The van der Waals surface area contributed by atoms with Crippen molar-refractivity contribution in [3.8, 4) is 10.4 Å². The van der Waals surface area contributed by atoms with Gasteiger partial charge in [-0.05, 0) is 61.8 Å². The second-order valence-electron chi connectivity index (χ2n) is 5.78. The minimum atomic E-state index is 0.699. The van der Waals surface area contributed by atoms with Crippen LogP contribution in [-0.2, 0) is 6.54 Å². The van der Waals surface area contributed by atoms with Crippen molar-refractivity contribution in [1.29, 1.82) is 0 Å². The maximum atomic E-state index is 3.75. The predicted molar refractivity (Wildman–Crippen MR) is 94.2 cm³/mol. The van der Waals surface area contributed by atoms with Gasteiger partial charge < -0.3 is 10.2 Å². The highest BCUT2D eigenvalue weighted by Crippen LogP contribution is 2.29. The zero-order chi connectivity index (χ0) is 14.5. The van der Waals surface area contributed by atoms with Gasteiger partial charge in [-0.3, -0.25) is 0 Å². The van der Waals surface area contributed by atoms with Crippen LogP contribution in [0.4, 0.5) is 0 Å². The van der Waals surface area contributed by atoms with Crippen LogP contribution in [-0.4, -0.2) is 30.6 Å². The van der Waals surface area contributed by atoms with Crippen LogP contribution >= 0.6 is 22.7 Å². The van der Waals surface area contributed by atoms with Gasteiger partial charge in [-0.15, -0.1) is 22.7 Å². The molecular formula is C17H24N2S2. The summed E-state index contributed by atoms with van der Waals surface area (Å²) >= 11 is 3.70. The topological polar surface area (TPSA) is 15.3 Å². The highest BCUT2D eigenvalue weighted by molar-refractivity contribution is 7.14. The molecule has 1 aliphatic heterocycles. The molecule has 0 aliphatic carbocycles. The Morgan fingerprint density at radius 3 is 2.86 bits per heavy atom. The zero-order valence-corrected chi connectivity index (χ0v) is 14.3. The quantitative estimate of drug-likeness (QED) is 0.846. The highest BCUT2D eigenvalue weighted by atomic mass is 32.1. The Morgan fingerprint density at radius 2 is 2.14 bits per heavy atom. The predicted octanol–water partition coefficient (Wildman–Crippen LogP) is 4.44. The Bertz CT molecular complexity index is 525. The molecular weight excluding hydrogens is 296 g/mol. The van der Waals surface area contributed by atoms with Gasteiger partial charge in [0.2, 0.25) is 0 Å². The molecule has 1 N–H and O–H groups in total. The van der Waals surface area contributed by atoms with Crippen molar-refractivity contribution in [2.45, 2.75) is 38.8 Å². The minimum Gasteiger partial charge on any atom is -0.309 e. The molecule has 3 heterocycles. The van der Waals surface area contributed by atoms with Crippen molar-refractivity contribution in [3.63, 3.8) is 0 Å². The molecule has 1 saturated heterocycles. The van der Waals surface area contributed by atoms with E-state index >= 15 is 0 Å². The van der Waals surface area contributed by atoms with E-state index in [4.69, 9.17) is 0 Å². The normalized spacial score (nSPS) is 17.4. The van der Waals surface area contributed by atoms with Gasteiger partial charge in [-0.25, -0.2) is 0 Å². The smallest absolute Gasteiger partial charge is 0.0351 e. The summed E-state index contributed by atoms with van der Waals surface area (Å²) in [6.07, 6.45) is 3.87. The number of nitrogens with one attached hydrogen (secondary N) is 1. The number of nitrogens with zero attached hydrogens (tertiary/aromatic N) is 1. The Morgan fingerprint density at radius 1 is 1.29 bits per heavy atom. The van der Waals surface area contributed by atoms with E-state index in [1.165, 1.54) is 54.2 Å². The molecule has 114 valence electrons. The molecule has 4 heteroatoms. The third-order valence-electron chi connectivity index (χ3n) is 4.15. The lowest BCUT2D eigenvalue weighted by Gasteiger charge is -2.32. The number of piperidine rings is 1. The molecule has 21 heavy (non-hydrogen) atoms. The second-order valence-corrected chi connectivity index (χ2v) is 7.72. The second kappa shape index (κ2) is 7.54. The van der Waals surface area contributed by atoms with Gasteiger partial charge in [0, 0.05) is 27.9 Å². The van der Waals surface area contributed by atoms with Crippen LogP contribution < -0.4 is 5.32 Å². The first kappa shape index (κ1) is 15.2. The molecule has 0 atom stereocenters. The SMILES string of the molecule is CCCN1CCC(NCc2cc(-c3cccs3)cs2)CC1. The van der Waals surface area contributed by atoms with Crippen molar-refractivity contribution < 1.29 is 0 Å². The van der Waals surface area contributed by atoms with Crippen LogP contribution in [0.15, 0.2) is 29.0 Å². The number of rotatable bonds is 6. The molecule has 3 rings (SSSR count). The van der Waals surface area contributed by atoms with Crippen LogP contribution in [0, 0.1) is 0 Å².